The van der Waals surface area contributed by atoms with Gasteiger partial charge in [-0.1, -0.05) is 69.4 Å². The number of unbranched alkanes of at least 4 members (excludes halogenated alkanes) is 6. The van der Waals surface area contributed by atoms with Crippen LogP contribution in [0, 0.1) is 0 Å². The Kier molecular flexibility index (Phi) is 17.8. The zero-order valence-corrected chi connectivity index (χ0v) is 24.9. The van der Waals surface area contributed by atoms with Crippen LogP contribution in [0.15, 0.2) is 30.3 Å². The highest BCUT2D eigenvalue weighted by Crippen LogP contribution is 2.12. The summed E-state index contributed by atoms with van der Waals surface area (Å²) in [6.07, 6.45) is 8.70. The lowest BCUT2D eigenvalue weighted by Gasteiger charge is -2.27. The van der Waals surface area contributed by atoms with E-state index in [1.54, 1.807) is 20.8 Å². The Balaban J connectivity index is 2.52. The molecular formula is C31H50N2O7. The molecule has 0 saturated heterocycles. The second-order valence-corrected chi connectivity index (χ2v) is 11.1. The monoisotopic (exact) mass is 562 g/mol. The van der Waals surface area contributed by atoms with E-state index in [2.05, 4.69) is 12.2 Å². The molecule has 9 nitrogen and oxygen atoms in total. The third-order valence-electron chi connectivity index (χ3n) is 6.21. The molecule has 0 radical (unpaired) electrons. The lowest BCUT2D eigenvalue weighted by atomic mass is 10.0. The lowest BCUT2D eigenvalue weighted by Crippen LogP contribution is -2.51. The maximum atomic E-state index is 13.1. The van der Waals surface area contributed by atoms with Crippen molar-refractivity contribution < 1.29 is 33.9 Å². The highest BCUT2D eigenvalue weighted by atomic mass is 16.7. The summed E-state index contributed by atoms with van der Waals surface area (Å²) in [6.45, 7) is 6.65. The zero-order chi connectivity index (χ0) is 29.8. The van der Waals surface area contributed by atoms with Crippen molar-refractivity contribution in [2.45, 2.75) is 123 Å². The van der Waals surface area contributed by atoms with Gasteiger partial charge in [-0.05, 0) is 45.6 Å². The maximum Gasteiger partial charge on any atom is 0.408 e. The summed E-state index contributed by atoms with van der Waals surface area (Å²) in [5, 5.41) is 13.2. The molecule has 0 heterocycles. The van der Waals surface area contributed by atoms with Gasteiger partial charge in [-0.2, -0.15) is 0 Å². The zero-order valence-electron chi connectivity index (χ0n) is 24.9. The molecule has 0 unspecified atom stereocenters. The highest BCUT2D eigenvalue weighted by Gasteiger charge is 2.29. The van der Waals surface area contributed by atoms with E-state index in [9.17, 15) is 24.3 Å². The topological polar surface area (TPSA) is 122 Å². The van der Waals surface area contributed by atoms with Crippen molar-refractivity contribution in [3.63, 3.8) is 0 Å². The van der Waals surface area contributed by atoms with Crippen LogP contribution in [0.2, 0.25) is 0 Å². The molecule has 1 aromatic rings. The van der Waals surface area contributed by atoms with Crippen LogP contribution in [0.4, 0.5) is 4.79 Å². The number of Topliss-reactive ketones (excluding diaryl/α,β-unsaturated/α-hetero) is 2. The number of hydrogen-bond donors (Lipinski definition) is 2. The summed E-state index contributed by atoms with van der Waals surface area (Å²) in [6, 6.07) is 7.96. The minimum Gasteiger partial charge on any atom is -0.444 e. The van der Waals surface area contributed by atoms with E-state index in [4.69, 9.17) is 9.57 Å². The molecule has 0 fully saturated rings. The molecule has 2 N–H and O–H groups in total. The summed E-state index contributed by atoms with van der Waals surface area (Å²) < 4.78 is 5.19. The fourth-order valence-electron chi connectivity index (χ4n) is 4.00. The number of amides is 2. The van der Waals surface area contributed by atoms with Crippen LogP contribution in [-0.2, 0) is 30.6 Å². The standard InChI is InChI=1S/C31H50N2O7/c1-5-6-7-13-18-26(35)19-14-8-9-15-20-27(36)21-22-33(39-24-25-16-11-10-12-17-25)29(37)28(23-34)32-30(38)40-31(2,3)4/h10-12,16-17,28,34H,5-9,13-15,18-24H2,1-4H3,(H,32,38)/t28-/m0/s1. The number of alkyl carbamates (subject to hydrolysis) is 1. The van der Waals surface area contributed by atoms with Gasteiger partial charge in [0, 0.05) is 25.7 Å². The SMILES string of the molecule is CCCCCCC(=O)CCCCCCC(=O)CCN(OCc1ccccc1)C(=O)[C@H](CO)NC(=O)OC(C)(C)C. The van der Waals surface area contributed by atoms with Gasteiger partial charge in [-0.25, -0.2) is 9.86 Å². The van der Waals surface area contributed by atoms with E-state index in [1.165, 1.54) is 6.42 Å². The molecule has 1 rings (SSSR count). The molecular weight excluding hydrogens is 512 g/mol. The molecule has 9 heteroatoms. The van der Waals surface area contributed by atoms with Crippen LogP contribution in [0.25, 0.3) is 0 Å². The van der Waals surface area contributed by atoms with E-state index in [-0.39, 0.29) is 25.4 Å². The predicted octanol–water partition coefficient (Wildman–Crippen LogP) is 5.67. The molecule has 2 amide bonds. The number of hydroxylamine groups is 2. The van der Waals surface area contributed by atoms with E-state index < -0.39 is 30.3 Å². The van der Waals surface area contributed by atoms with Gasteiger partial charge in [-0.15, -0.1) is 0 Å². The quantitative estimate of drug-likeness (QED) is 0.146. The number of benzene rings is 1. The number of ketones is 2. The first-order valence-corrected chi connectivity index (χ1v) is 14.7. The Morgan fingerprint density at radius 1 is 0.850 bits per heavy atom. The average Bonchev–Trinajstić information content (AvgIpc) is 2.91. The molecule has 1 atom stereocenters. The van der Waals surface area contributed by atoms with E-state index in [0.717, 1.165) is 55.6 Å². The van der Waals surface area contributed by atoms with Gasteiger partial charge in [0.1, 0.15) is 29.8 Å². The molecule has 0 aliphatic rings. The molecule has 0 saturated carbocycles. The molecule has 0 aromatic heterocycles. The number of hydrogen-bond acceptors (Lipinski definition) is 7. The van der Waals surface area contributed by atoms with Gasteiger partial charge < -0.3 is 15.2 Å². The van der Waals surface area contributed by atoms with Crippen LogP contribution in [0.5, 0.6) is 0 Å². The van der Waals surface area contributed by atoms with Crippen molar-refractivity contribution in [3.05, 3.63) is 35.9 Å². The Bertz CT molecular complexity index is 883. The summed E-state index contributed by atoms with van der Waals surface area (Å²) in [4.78, 5) is 55.5. The molecule has 40 heavy (non-hydrogen) atoms. The number of aliphatic hydroxyl groups excluding tert-OH is 1. The normalized spacial score (nSPS) is 12.0. The third-order valence-corrected chi connectivity index (χ3v) is 6.21. The van der Waals surface area contributed by atoms with Crippen LogP contribution in [-0.4, -0.2) is 58.5 Å². The second kappa shape index (κ2) is 20.2. The first kappa shape index (κ1) is 35.2. The van der Waals surface area contributed by atoms with Crippen LogP contribution in [0.1, 0.15) is 110 Å². The minimum atomic E-state index is -1.28. The van der Waals surface area contributed by atoms with E-state index >= 15 is 0 Å². The van der Waals surface area contributed by atoms with Crippen molar-refractivity contribution in [3.8, 4) is 0 Å². The van der Waals surface area contributed by atoms with Crippen molar-refractivity contribution in [1.82, 2.24) is 10.4 Å². The fourth-order valence-corrected chi connectivity index (χ4v) is 4.00. The van der Waals surface area contributed by atoms with Gasteiger partial charge in [-0.3, -0.25) is 19.2 Å². The lowest BCUT2D eigenvalue weighted by molar-refractivity contribution is -0.194. The van der Waals surface area contributed by atoms with Crippen LogP contribution in [0.3, 0.4) is 0 Å². The number of carbonyl (C=O) groups is 4. The molecule has 1 aromatic carbocycles. The van der Waals surface area contributed by atoms with Gasteiger partial charge in [0.05, 0.1) is 13.2 Å². The van der Waals surface area contributed by atoms with Crippen molar-refractivity contribution in [1.29, 1.82) is 0 Å². The summed E-state index contributed by atoms with van der Waals surface area (Å²) in [5.41, 5.74) is 0.0547. The van der Waals surface area contributed by atoms with Gasteiger partial charge in [0.15, 0.2) is 0 Å². The Morgan fingerprint density at radius 3 is 1.93 bits per heavy atom. The third kappa shape index (κ3) is 17.0. The Labute approximate surface area is 239 Å². The Hall–Kier alpha value is -2.78. The predicted molar refractivity (Wildman–Crippen MR) is 154 cm³/mol. The van der Waals surface area contributed by atoms with Crippen molar-refractivity contribution in [2.75, 3.05) is 13.2 Å². The van der Waals surface area contributed by atoms with E-state index in [0.29, 0.717) is 25.0 Å². The first-order chi connectivity index (χ1) is 19.1. The van der Waals surface area contributed by atoms with Gasteiger partial charge in [0.25, 0.3) is 5.91 Å². The summed E-state index contributed by atoms with van der Waals surface area (Å²) in [5.74, 6) is -0.347. The minimum absolute atomic E-state index is 0.00578. The summed E-state index contributed by atoms with van der Waals surface area (Å²) >= 11 is 0. The van der Waals surface area contributed by atoms with Gasteiger partial charge >= 0.3 is 6.09 Å². The maximum absolute atomic E-state index is 13.1. The smallest absolute Gasteiger partial charge is 0.408 e. The van der Waals surface area contributed by atoms with E-state index in [1.807, 2.05) is 30.3 Å². The molecule has 0 aliphatic carbocycles. The number of nitrogens with one attached hydrogen (secondary N) is 1. The Morgan fingerprint density at radius 2 is 1.40 bits per heavy atom. The molecule has 226 valence electrons. The summed E-state index contributed by atoms with van der Waals surface area (Å²) in [7, 11) is 0. The first-order valence-electron chi connectivity index (χ1n) is 14.7. The van der Waals surface area contributed by atoms with Gasteiger partial charge in [0.2, 0.25) is 0 Å². The molecule has 0 bridgehead atoms. The van der Waals surface area contributed by atoms with Crippen molar-refractivity contribution in [2.24, 2.45) is 0 Å². The van der Waals surface area contributed by atoms with Crippen molar-refractivity contribution >= 4 is 23.6 Å². The highest BCUT2D eigenvalue weighted by molar-refractivity contribution is 5.86. The molecule has 0 spiro atoms. The second-order valence-electron chi connectivity index (χ2n) is 11.1. The number of carbonyl (C=O) groups excluding carboxylic acids is 4. The van der Waals surface area contributed by atoms with Crippen LogP contribution >= 0.6 is 0 Å². The number of nitrogens with zero attached hydrogens (tertiary/aromatic N) is 1. The number of ether oxygens (including phenoxy) is 1. The number of aliphatic hydroxyl groups is 1. The largest absolute Gasteiger partial charge is 0.444 e. The van der Waals surface area contributed by atoms with Crippen LogP contribution < -0.4 is 5.32 Å². The molecule has 0 aliphatic heterocycles. The fraction of sp³-hybridized carbons (Fsp3) is 0.677. The average molecular weight is 563 g/mol. The number of rotatable bonds is 21.